The molecule has 1 saturated carbocycles. The van der Waals surface area contributed by atoms with Crippen molar-refractivity contribution in [1.29, 1.82) is 0 Å². The molecule has 1 N–H and O–H groups in total. The summed E-state index contributed by atoms with van der Waals surface area (Å²) in [4.78, 5) is 2.63. The molecule has 2 unspecified atom stereocenters. The Morgan fingerprint density at radius 3 is 2.64 bits per heavy atom. The zero-order valence-electron chi connectivity index (χ0n) is 9.04. The molecule has 0 aromatic carbocycles. The molecule has 80 valence electrons. The molecule has 1 heterocycles. The van der Waals surface area contributed by atoms with E-state index >= 15 is 0 Å². The third-order valence-electron chi connectivity index (χ3n) is 3.70. The van der Waals surface area contributed by atoms with Crippen LogP contribution in [0.1, 0.15) is 19.3 Å². The Morgan fingerprint density at radius 2 is 2.00 bits per heavy atom. The standard InChI is InChI=1S/C12H22N2/c1-2-6-13-7-8-14-9-11-4-3-5-12(11)10-14/h2,11-13H,1,3-10H2. The fourth-order valence-electron chi connectivity index (χ4n) is 2.96. The summed E-state index contributed by atoms with van der Waals surface area (Å²) in [6.07, 6.45) is 6.39. The summed E-state index contributed by atoms with van der Waals surface area (Å²) >= 11 is 0. The smallest absolute Gasteiger partial charge is 0.0132 e. The first-order valence-corrected chi connectivity index (χ1v) is 5.94. The van der Waals surface area contributed by atoms with Crippen molar-refractivity contribution < 1.29 is 0 Å². The van der Waals surface area contributed by atoms with Gasteiger partial charge in [-0.2, -0.15) is 0 Å². The van der Waals surface area contributed by atoms with E-state index in [1.165, 1.54) is 38.9 Å². The molecule has 0 radical (unpaired) electrons. The van der Waals surface area contributed by atoms with Gasteiger partial charge in [0.05, 0.1) is 0 Å². The third-order valence-corrected chi connectivity index (χ3v) is 3.70. The van der Waals surface area contributed by atoms with E-state index in [9.17, 15) is 0 Å². The Kier molecular flexibility index (Phi) is 3.60. The number of hydrogen-bond acceptors (Lipinski definition) is 2. The van der Waals surface area contributed by atoms with E-state index in [4.69, 9.17) is 0 Å². The minimum Gasteiger partial charge on any atom is -0.312 e. The van der Waals surface area contributed by atoms with Crippen LogP contribution in [0.3, 0.4) is 0 Å². The topological polar surface area (TPSA) is 15.3 Å². The maximum Gasteiger partial charge on any atom is 0.0132 e. The Labute approximate surface area is 87.4 Å². The van der Waals surface area contributed by atoms with Crippen molar-refractivity contribution in [3.8, 4) is 0 Å². The normalized spacial score (nSPS) is 32.0. The Balaban J connectivity index is 1.62. The molecule has 2 rings (SSSR count). The van der Waals surface area contributed by atoms with E-state index < -0.39 is 0 Å². The van der Waals surface area contributed by atoms with Gasteiger partial charge < -0.3 is 10.2 Å². The minimum atomic E-state index is 0.945. The molecule has 1 aliphatic carbocycles. The molecule has 0 spiro atoms. The van der Waals surface area contributed by atoms with Crippen LogP contribution in [0.25, 0.3) is 0 Å². The van der Waals surface area contributed by atoms with Crippen LogP contribution in [-0.2, 0) is 0 Å². The van der Waals surface area contributed by atoms with Crippen LogP contribution in [0.5, 0.6) is 0 Å². The summed E-state index contributed by atoms with van der Waals surface area (Å²) in [6, 6.07) is 0. The van der Waals surface area contributed by atoms with Crippen LogP contribution in [0.4, 0.5) is 0 Å². The van der Waals surface area contributed by atoms with Gasteiger partial charge in [-0.25, -0.2) is 0 Å². The quantitative estimate of drug-likeness (QED) is 0.527. The van der Waals surface area contributed by atoms with Crippen LogP contribution in [0, 0.1) is 11.8 Å². The molecule has 2 aliphatic rings. The van der Waals surface area contributed by atoms with Crippen molar-refractivity contribution in [3.63, 3.8) is 0 Å². The van der Waals surface area contributed by atoms with Crippen molar-refractivity contribution in [2.75, 3.05) is 32.7 Å². The van der Waals surface area contributed by atoms with Gasteiger partial charge in [0.25, 0.3) is 0 Å². The highest BCUT2D eigenvalue weighted by atomic mass is 15.2. The summed E-state index contributed by atoms with van der Waals surface area (Å²) in [6.45, 7) is 9.71. The second kappa shape index (κ2) is 4.94. The molecule has 0 amide bonds. The molecule has 2 nitrogen and oxygen atoms in total. The first-order valence-electron chi connectivity index (χ1n) is 5.94. The summed E-state index contributed by atoms with van der Waals surface area (Å²) in [5.74, 6) is 2.07. The van der Waals surface area contributed by atoms with Gasteiger partial charge in [0.1, 0.15) is 0 Å². The molecule has 2 heteroatoms. The predicted octanol–water partition coefficient (Wildman–Crippen LogP) is 1.49. The van der Waals surface area contributed by atoms with Crippen molar-refractivity contribution in [1.82, 2.24) is 10.2 Å². The molecule has 2 atom stereocenters. The van der Waals surface area contributed by atoms with Crippen molar-refractivity contribution in [2.24, 2.45) is 11.8 Å². The van der Waals surface area contributed by atoms with E-state index in [0.29, 0.717) is 0 Å². The van der Waals surface area contributed by atoms with Crippen LogP contribution in [-0.4, -0.2) is 37.6 Å². The van der Waals surface area contributed by atoms with Gasteiger partial charge in [-0.3, -0.25) is 0 Å². The SMILES string of the molecule is C=CCNCCN1CC2CCCC2C1. The first kappa shape index (κ1) is 10.2. The highest BCUT2D eigenvalue weighted by molar-refractivity contribution is 4.88. The second-order valence-corrected chi connectivity index (χ2v) is 4.70. The number of rotatable bonds is 5. The maximum atomic E-state index is 3.70. The Bertz CT molecular complexity index is 179. The maximum absolute atomic E-state index is 3.70. The lowest BCUT2D eigenvalue weighted by Gasteiger charge is -2.16. The zero-order valence-corrected chi connectivity index (χ0v) is 9.04. The van der Waals surface area contributed by atoms with Crippen molar-refractivity contribution >= 4 is 0 Å². The fourth-order valence-corrected chi connectivity index (χ4v) is 2.96. The molecule has 1 saturated heterocycles. The summed E-state index contributed by atoms with van der Waals surface area (Å²) in [5.41, 5.74) is 0. The van der Waals surface area contributed by atoms with Crippen LogP contribution in [0.2, 0.25) is 0 Å². The minimum absolute atomic E-state index is 0.945. The zero-order chi connectivity index (χ0) is 9.80. The van der Waals surface area contributed by atoms with Gasteiger partial charge in [0.15, 0.2) is 0 Å². The van der Waals surface area contributed by atoms with E-state index in [1.54, 1.807) is 0 Å². The molecule has 0 aromatic rings. The van der Waals surface area contributed by atoms with Crippen molar-refractivity contribution in [2.45, 2.75) is 19.3 Å². The van der Waals surface area contributed by atoms with E-state index in [-0.39, 0.29) is 0 Å². The summed E-state index contributed by atoms with van der Waals surface area (Å²) in [7, 11) is 0. The Hall–Kier alpha value is -0.340. The van der Waals surface area contributed by atoms with Crippen LogP contribution >= 0.6 is 0 Å². The molecular weight excluding hydrogens is 172 g/mol. The molecule has 14 heavy (non-hydrogen) atoms. The molecule has 1 aliphatic heterocycles. The number of likely N-dealkylation sites (tertiary alicyclic amines) is 1. The summed E-state index contributed by atoms with van der Waals surface area (Å²) in [5, 5.41) is 3.37. The van der Waals surface area contributed by atoms with E-state index in [2.05, 4.69) is 16.8 Å². The lowest BCUT2D eigenvalue weighted by atomic mass is 10.0. The number of nitrogens with zero attached hydrogens (tertiary/aromatic N) is 1. The molecule has 0 aromatic heterocycles. The largest absolute Gasteiger partial charge is 0.312 e. The fraction of sp³-hybridized carbons (Fsp3) is 0.833. The van der Waals surface area contributed by atoms with Gasteiger partial charge in [-0.15, -0.1) is 6.58 Å². The Morgan fingerprint density at radius 1 is 1.29 bits per heavy atom. The first-order chi connectivity index (χ1) is 6.90. The lowest BCUT2D eigenvalue weighted by molar-refractivity contribution is 0.311. The van der Waals surface area contributed by atoms with Gasteiger partial charge >= 0.3 is 0 Å². The monoisotopic (exact) mass is 194 g/mol. The van der Waals surface area contributed by atoms with E-state index in [1.807, 2.05) is 6.08 Å². The third kappa shape index (κ3) is 2.37. The van der Waals surface area contributed by atoms with Gasteiger partial charge in [-0.05, 0) is 24.7 Å². The number of fused-ring (bicyclic) bond motifs is 1. The van der Waals surface area contributed by atoms with Gasteiger partial charge in [0, 0.05) is 32.7 Å². The lowest BCUT2D eigenvalue weighted by Crippen LogP contribution is -2.31. The molecule has 2 fully saturated rings. The summed E-state index contributed by atoms with van der Waals surface area (Å²) < 4.78 is 0. The predicted molar refractivity (Wildman–Crippen MR) is 60.3 cm³/mol. The van der Waals surface area contributed by atoms with Crippen LogP contribution in [0.15, 0.2) is 12.7 Å². The van der Waals surface area contributed by atoms with Crippen molar-refractivity contribution in [3.05, 3.63) is 12.7 Å². The molecule has 0 bridgehead atoms. The highest BCUT2D eigenvalue weighted by Gasteiger charge is 2.35. The van der Waals surface area contributed by atoms with Crippen LogP contribution < -0.4 is 5.32 Å². The molecular formula is C12H22N2. The highest BCUT2D eigenvalue weighted by Crippen LogP contribution is 2.37. The average molecular weight is 194 g/mol. The van der Waals surface area contributed by atoms with E-state index in [0.717, 1.165) is 24.9 Å². The number of nitrogens with one attached hydrogen (secondary N) is 1. The second-order valence-electron chi connectivity index (χ2n) is 4.70. The van der Waals surface area contributed by atoms with Gasteiger partial charge in [0.2, 0.25) is 0 Å². The number of hydrogen-bond donors (Lipinski definition) is 1. The van der Waals surface area contributed by atoms with Gasteiger partial charge in [-0.1, -0.05) is 12.5 Å². The average Bonchev–Trinajstić information content (AvgIpc) is 2.72.